The fourth-order valence-electron chi connectivity index (χ4n) is 1.13. The van der Waals surface area contributed by atoms with Gasteiger partial charge in [0.25, 0.3) is 0 Å². The number of hydrogen-bond donors (Lipinski definition) is 2. The summed E-state index contributed by atoms with van der Waals surface area (Å²) in [6.45, 7) is 0.867. The van der Waals surface area contributed by atoms with Crippen molar-refractivity contribution in [2.75, 3.05) is 26.8 Å². The standard InChI is InChI=1S/C12H16N2O3S/c1-17-7-6-13-12(16)9-14-11(15)5-4-10-3-2-8-18-10/h2-5,8H,6-7,9H2,1H3,(H,13,16)(H,14,15)/b5-4+. The van der Waals surface area contributed by atoms with Crippen LogP contribution in [0.5, 0.6) is 0 Å². The summed E-state index contributed by atoms with van der Waals surface area (Å²) in [5.41, 5.74) is 0. The van der Waals surface area contributed by atoms with Gasteiger partial charge in [-0.1, -0.05) is 6.07 Å². The maximum absolute atomic E-state index is 11.4. The fraction of sp³-hybridized carbons (Fsp3) is 0.333. The molecule has 0 bridgehead atoms. The van der Waals surface area contributed by atoms with Crippen molar-refractivity contribution in [2.24, 2.45) is 0 Å². The van der Waals surface area contributed by atoms with Crippen molar-refractivity contribution < 1.29 is 14.3 Å². The summed E-state index contributed by atoms with van der Waals surface area (Å²) in [7, 11) is 1.56. The summed E-state index contributed by atoms with van der Waals surface area (Å²) in [6.07, 6.45) is 3.12. The molecule has 5 nitrogen and oxygen atoms in total. The number of hydrogen-bond acceptors (Lipinski definition) is 4. The van der Waals surface area contributed by atoms with Crippen molar-refractivity contribution >= 4 is 29.2 Å². The maximum Gasteiger partial charge on any atom is 0.244 e. The second-order valence-electron chi connectivity index (χ2n) is 3.41. The van der Waals surface area contributed by atoms with Gasteiger partial charge in [0.15, 0.2) is 0 Å². The molecule has 0 radical (unpaired) electrons. The summed E-state index contributed by atoms with van der Waals surface area (Å²) in [5.74, 6) is -0.518. The molecule has 18 heavy (non-hydrogen) atoms. The van der Waals surface area contributed by atoms with Gasteiger partial charge in [-0.25, -0.2) is 0 Å². The second kappa shape index (κ2) is 8.43. The van der Waals surface area contributed by atoms with Crippen molar-refractivity contribution in [1.29, 1.82) is 0 Å². The predicted octanol–water partition coefficient (Wildman–Crippen LogP) is 0.640. The first kappa shape index (κ1) is 14.4. The molecule has 1 aromatic heterocycles. The number of carbonyl (C=O) groups excluding carboxylic acids is 2. The molecule has 1 heterocycles. The zero-order valence-corrected chi connectivity index (χ0v) is 11.0. The summed E-state index contributed by atoms with van der Waals surface area (Å²) < 4.78 is 4.79. The highest BCUT2D eigenvalue weighted by atomic mass is 32.1. The van der Waals surface area contributed by atoms with Crippen molar-refractivity contribution in [3.05, 3.63) is 28.5 Å². The second-order valence-corrected chi connectivity index (χ2v) is 4.39. The van der Waals surface area contributed by atoms with E-state index in [-0.39, 0.29) is 18.4 Å². The molecule has 0 spiro atoms. The first-order valence-electron chi connectivity index (χ1n) is 5.47. The Hall–Kier alpha value is -1.66. The molecule has 0 unspecified atom stereocenters. The lowest BCUT2D eigenvalue weighted by Gasteiger charge is -2.04. The van der Waals surface area contributed by atoms with E-state index >= 15 is 0 Å². The maximum atomic E-state index is 11.4. The third kappa shape index (κ3) is 6.17. The van der Waals surface area contributed by atoms with Gasteiger partial charge in [-0.3, -0.25) is 9.59 Å². The monoisotopic (exact) mass is 268 g/mol. The molecule has 0 saturated heterocycles. The van der Waals surface area contributed by atoms with Gasteiger partial charge in [-0.05, 0) is 17.5 Å². The lowest BCUT2D eigenvalue weighted by molar-refractivity contribution is -0.124. The Morgan fingerprint density at radius 3 is 2.94 bits per heavy atom. The quantitative estimate of drug-likeness (QED) is 0.563. The van der Waals surface area contributed by atoms with E-state index in [9.17, 15) is 9.59 Å². The SMILES string of the molecule is COCCNC(=O)CNC(=O)/C=C/c1cccs1. The molecule has 2 amide bonds. The van der Waals surface area contributed by atoms with Gasteiger partial charge in [0.1, 0.15) is 0 Å². The van der Waals surface area contributed by atoms with Crippen LogP contribution < -0.4 is 10.6 Å². The van der Waals surface area contributed by atoms with Gasteiger partial charge in [0.05, 0.1) is 13.2 Å². The molecule has 6 heteroatoms. The van der Waals surface area contributed by atoms with Crippen molar-refractivity contribution in [3.8, 4) is 0 Å². The number of thiophene rings is 1. The predicted molar refractivity (Wildman–Crippen MR) is 71.2 cm³/mol. The topological polar surface area (TPSA) is 67.4 Å². The molecular weight excluding hydrogens is 252 g/mol. The number of amides is 2. The van der Waals surface area contributed by atoms with Crippen LogP contribution in [-0.4, -0.2) is 38.6 Å². The van der Waals surface area contributed by atoms with E-state index in [1.807, 2.05) is 17.5 Å². The summed E-state index contributed by atoms with van der Waals surface area (Å²) in [5, 5.41) is 7.04. The van der Waals surface area contributed by atoms with Gasteiger partial charge in [-0.2, -0.15) is 0 Å². The molecule has 2 N–H and O–H groups in total. The van der Waals surface area contributed by atoms with Crippen LogP contribution in [0.1, 0.15) is 4.88 Å². The average Bonchev–Trinajstić information content (AvgIpc) is 2.87. The lowest BCUT2D eigenvalue weighted by atomic mass is 10.4. The Morgan fingerprint density at radius 2 is 2.28 bits per heavy atom. The van der Waals surface area contributed by atoms with Gasteiger partial charge >= 0.3 is 0 Å². The Bertz CT molecular complexity index is 401. The van der Waals surface area contributed by atoms with E-state index in [4.69, 9.17) is 4.74 Å². The molecule has 0 atom stereocenters. The Labute approximate surface area is 110 Å². The Kier molecular flexibility index (Phi) is 6.75. The molecule has 0 saturated carbocycles. The zero-order valence-electron chi connectivity index (χ0n) is 10.1. The van der Waals surface area contributed by atoms with Gasteiger partial charge in [0.2, 0.25) is 11.8 Å². The van der Waals surface area contributed by atoms with Crippen LogP contribution in [-0.2, 0) is 14.3 Å². The third-order valence-corrected chi connectivity index (χ3v) is 2.83. The lowest BCUT2D eigenvalue weighted by Crippen LogP contribution is -2.37. The Balaban J connectivity index is 2.18. The van der Waals surface area contributed by atoms with E-state index in [0.717, 1.165) is 4.88 Å². The van der Waals surface area contributed by atoms with E-state index in [2.05, 4.69) is 10.6 Å². The van der Waals surface area contributed by atoms with Crippen LogP contribution in [0.25, 0.3) is 6.08 Å². The molecule has 98 valence electrons. The van der Waals surface area contributed by atoms with Crippen LogP contribution in [0.15, 0.2) is 23.6 Å². The van der Waals surface area contributed by atoms with E-state index in [0.29, 0.717) is 13.2 Å². The van der Waals surface area contributed by atoms with Gasteiger partial charge in [0, 0.05) is 24.6 Å². The normalized spacial score (nSPS) is 10.5. The van der Waals surface area contributed by atoms with E-state index < -0.39 is 0 Å². The Morgan fingerprint density at radius 1 is 1.44 bits per heavy atom. The summed E-state index contributed by atoms with van der Waals surface area (Å²) in [6, 6.07) is 3.82. The highest BCUT2D eigenvalue weighted by molar-refractivity contribution is 7.10. The highest BCUT2D eigenvalue weighted by Gasteiger charge is 2.01. The van der Waals surface area contributed by atoms with Crippen LogP contribution >= 0.6 is 11.3 Å². The van der Waals surface area contributed by atoms with E-state index in [1.54, 1.807) is 24.5 Å². The number of nitrogens with one attached hydrogen (secondary N) is 2. The molecule has 0 aliphatic heterocycles. The van der Waals surface area contributed by atoms with Crippen LogP contribution in [0.2, 0.25) is 0 Å². The molecule has 0 fully saturated rings. The number of rotatable bonds is 7. The van der Waals surface area contributed by atoms with Gasteiger partial charge < -0.3 is 15.4 Å². The van der Waals surface area contributed by atoms with Crippen molar-refractivity contribution in [2.45, 2.75) is 0 Å². The summed E-state index contributed by atoms with van der Waals surface area (Å²) >= 11 is 1.54. The van der Waals surface area contributed by atoms with Crippen molar-refractivity contribution in [3.63, 3.8) is 0 Å². The molecular formula is C12H16N2O3S. The first-order valence-corrected chi connectivity index (χ1v) is 6.35. The number of methoxy groups -OCH3 is 1. The van der Waals surface area contributed by atoms with E-state index in [1.165, 1.54) is 6.08 Å². The smallest absolute Gasteiger partial charge is 0.244 e. The molecule has 0 aliphatic rings. The van der Waals surface area contributed by atoms with Crippen LogP contribution in [0.4, 0.5) is 0 Å². The minimum Gasteiger partial charge on any atom is -0.383 e. The first-order chi connectivity index (χ1) is 8.72. The minimum absolute atomic E-state index is 0.0304. The number of ether oxygens (including phenoxy) is 1. The fourth-order valence-corrected chi connectivity index (χ4v) is 1.74. The minimum atomic E-state index is -0.287. The summed E-state index contributed by atoms with van der Waals surface area (Å²) in [4.78, 5) is 23.6. The number of carbonyl (C=O) groups is 2. The largest absolute Gasteiger partial charge is 0.383 e. The van der Waals surface area contributed by atoms with Crippen LogP contribution in [0.3, 0.4) is 0 Å². The zero-order chi connectivity index (χ0) is 13.2. The molecule has 1 aromatic rings. The third-order valence-electron chi connectivity index (χ3n) is 1.99. The molecule has 1 rings (SSSR count). The molecule has 0 aromatic carbocycles. The highest BCUT2D eigenvalue weighted by Crippen LogP contribution is 2.09. The molecule has 0 aliphatic carbocycles. The van der Waals surface area contributed by atoms with Crippen molar-refractivity contribution in [1.82, 2.24) is 10.6 Å². The average molecular weight is 268 g/mol. The van der Waals surface area contributed by atoms with Gasteiger partial charge in [-0.15, -0.1) is 11.3 Å². The van der Waals surface area contributed by atoms with Crippen LogP contribution in [0, 0.1) is 0 Å².